The van der Waals surface area contributed by atoms with Crippen molar-refractivity contribution in [3.05, 3.63) is 59.4 Å². The minimum absolute atomic E-state index is 0.171. The predicted molar refractivity (Wildman–Crippen MR) is 66.5 cm³/mol. The second-order valence-electron chi connectivity index (χ2n) is 4.50. The molecule has 0 aliphatic heterocycles. The zero-order valence-electron chi connectivity index (χ0n) is 9.13. The first-order valence-electron chi connectivity index (χ1n) is 5.71. The summed E-state index contributed by atoms with van der Waals surface area (Å²) in [4.78, 5) is 3.39. The maximum absolute atomic E-state index is 13.3. The number of halogens is 1. The van der Waals surface area contributed by atoms with Gasteiger partial charge in [0, 0.05) is 22.9 Å². The first kappa shape index (κ1) is 8.99. The fourth-order valence-corrected chi connectivity index (χ4v) is 2.74. The molecule has 1 nitrogen and oxygen atoms in total. The van der Waals surface area contributed by atoms with Crippen LogP contribution in [0.4, 0.5) is 4.39 Å². The molecule has 17 heavy (non-hydrogen) atoms. The van der Waals surface area contributed by atoms with Crippen LogP contribution in [-0.2, 0) is 6.42 Å². The molecule has 0 fully saturated rings. The number of benzene rings is 2. The van der Waals surface area contributed by atoms with E-state index in [-0.39, 0.29) is 5.82 Å². The first-order chi connectivity index (χ1) is 8.33. The molecule has 0 saturated heterocycles. The highest BCUT2D eigenvalue weighted by Gasteiger charge is 2.22. The lowest BCUT2D eigenvalue weighted by Crippen LogP contribution is -1.82. The van der Waals surface area contributed by atoms with Crippen LogP contribution in [0, 0.1) is 5.82 Å². The second kappa shape index (κ2) is 2.98. The standard InChI is InChI=1S/C15H10FN/c16-10-5-6-14-12(8-10)13-7-9-3-1-2-4-11(9)15(13)17-14/h1-6,8,17H,7H2. The molecule has 0 unspecified atom stereocenters. The van der Waals surface area contributed by atoms with Crippen molar-refractivity contribution in [2.45, 2.75) is 6.42 Å². The zero-order chi connectivity index (χ0) is 11.4. The van der Waals surface area contributed by atoms with Crippen LogP contribution in [0.2, 0.25) is 0 Å². The molecule has 2 heteroatoms. The molecule has 1 aromatic heterocycles. The molecule has 0 radical (unpaired) electrons. The van der Waals surface area contributed by atoms with Crippen molar-refractivity contribution < 1.29 is 4.39 Å². The predicted octanol–water partition coefficient (Wildman–Crippen LogP) is 3.88. The lowest BCUT2D eigenvalue weighted by molar-refractivity contribution is 0.629. The number of fused-ring (bicyclic) bond motifs is 5. The molecule has 1 N–H and O–H groups in total. The molecule has 0 atom stereocenters. The zero-order valence-corrected chi connectivity index (χ0v) is 9.13. The van der Waals surface area contributed by atoms with Gasteiger partial charge in [-0.15, -0.1) is 0 Å². The summed E-state index contributed by atoms with van der Waals surface area (Å²) in [7, 11) is 0. The van der Waals surface area contributed by atoms with E-state index in [4.69, 9.17) is 0 Å². The Morgan fingerprint density at radius 2 is 1.94 bits per heavy atom. The summed E-state index contributed by atoms with van der Waals surface area (Å²) in [5.41, 5.74) is 5.96. The molecule has 0 saturated carbocycles. The SMILES string of the molecule is Fc1ccc2[nH]c3c(c2c1)Cc1ccccc1-3. The second-order valence-corrected chi connectivity index (χ2v) is 4.50. The van der Waals surface area contributed by atoms with Gasteiger partial charge in [0.25, 0.3) is 0 Å². The fraction of sp³-hybridized carbons (Fsp3) is 0.0667. The molecular weight excluding hydrogens is 213 g/mol. The van der Waals surface area contributed by atoms with E-state index in [1.165, 1.54) is 22.8 Å². The van der Waals surface area contributed by atoms with Crippen LogP contribution < -0.4 is 0 Å². The normalized spacial score (nSPS) is 12.8. The van der Waals surface area contributed by atoms with Gasteiger partial charge in [0.1, 0.15) is 5.82 Å². The minimum atomic E-state index is -0.171. The maximum atomic E-state index is 13.3. The largest absolute Gasteiger partial charge is 0.354 e. The van der Waals surface area contributed by atoms with E-state index in [2.05, 4.69) is 17.1 Å². The Hall–Kier alpha value is -2.09. The van der Waals surface area contributed by atoms with E-state index in [0.29, 0.717) is 0 Å². The number of hydrogen-bond acceptors (Lipinski definition) is 0. The highest BCUT2D eigenvalue weighted by Crippen LogP contribution is 2.40. The summed E-state index contributed by atoms with van der Waals surface area (Å²) in [6.45, 7) is 0. The highest BCUT2D eigenvalue weighted by atomic mass is 19.1. The Balaban J connectivity index is 2.09. The minimum Gasteiger partial charge on any atom is -0.354 e. The van der Waals surface area contributed by atoms with Crippen LogP contribution in [0.5, 0.6) is 0 Å². The highest BCUT2D eigenvalue weighted by molar-refractivity contribution is 5.94. The molecule has 82 valence electrons. The quantitative estimate of drug-likeness (QED) is 0.465. The monoisotopic (exact) mass is 223 g/mol. The third-order valence-corrected chi connectivity index (χ3v) is 3.52. The summed E-state index contributed by atoms with van der Waals surface area (Å²) in [5, 5.41) is 1.01. The average molecular weight is 223 g/mol. The van der Waals surface area contributed by atoms with Gasteiger partial charge in [0.05, 0.1) is 5.69 Å². The number of hydrogen-bond donors (Lipinski definition) is 1. The van der Waals surface area contributed by atoms with Gasteiger partial charge in [-0.3, -0.25) is 0 Å². The van der Waals surface area contributed by atoms with E-state index in [1.54, 1.807) is 6.07 Å². The molecule has 2 aromatic carbocycles. The van der Waals surface area contributed by atoms with Crippen LogP contribution in [-0.4, -0.2) is 4.98 Å². The van der Waals surface area contributed by atoms with Gasteiger partial charge in [0.15, 0.2) is 0 Å². The van der Waals surface area contributed by atoms with Gasteiger partial charge >= 0.3 is 0 Å². The number of H-pyrrole nitrogens is 1. The van der Waals surface area contributed by atoms with Gasteiger partial charge in [0.2, 0.25) is 0 Å². The molecule has 3 aromatic rings. The Morgan fingerprint density at radius 1 is 1.06 bits per heavy atom. The lowest BCUT2D eigenvalue weighted by Gasteiger charge is -1.98. The molecule has 1 heterocycles. The van der Waals surface area contributed by atoms with E-state index < -0.39 is 0 Å². The summed E-state index contributed by atoms with van der Waals surface area (Å²) < 4.78 is 13.3. The van der Waals surface area contributed by atoms with Crippen molar-refractivity contribution in [2.24, 2.45) is 0 Å². The maximum Gasteiger partial charge on any atom is 0.123 e. The van der Waals surface area contributed by atoms with Crippen LogP contribution in [0.3, 0.4) is 0 Å². The number of aromatic nitrogens is 1. The Bertz CT molecular complexity index is 740. The molecule has 1 aliphatic rings. The van der Waals surface area contributed by atoms with E-state index in [0.717, 1.165) is 23.0 Å². The van der Waals surface area contributed by atoms with Crippen molar-refractivity contribution in [3.63, 3.8) is 0 Å². The van der Waals surface area contributed by atoms with E-state index in [9.17, 15) is 4.39 Å². The summed E-state index contributed by atoms with van der Waals surface area (Å²) >= 11 is 0. The van der Waals surface area contributed by atoms with Crippen LogP contribution in [0.1, 0.15) is 11.1 Å². The van der Waals surface area contributed by atoms with Gasteiger partial charge in [-0.05, 0) is 29.3 Å². The van der Waals surface area contributed by atoms with Crippen molar-refractivity contribution in [3.8, 4) is 11.3 Å². The molecule has 0 bridgehead atoms. The van der Waals surface area contributed by atoms with Crippen molar-refractivity contribution >= 4 is 10.9 Å². The van der Waals surface area contributed by atoms with Crippen LogP contribution in [0.25, 0.3) is 22.2 Å². The molecule has 4 rings (SSSR count). The fourth-order valence-electron chi connectivity index (χ4n) is 2.74. The smallest absolute Gasteiger partial charge is 0.123 e. The Kier molecular flexibility index (Phi) is 1.57. The summed E-state index contributed by atoms with van der Waals surface area (Å²) in [6, 6.07) is 13.3. The summed E-state index contributed by atoms with van der Waals surface area (Å²) in [6.07, 6.45) is 0.898. The topological polar surface area (TPSA) is 15.8 Å². The van der Waals surface area contributed by atoms with Gasteiger partial charge < -0.3 is 4.98 Å². The Labute approximate surface area is 97.9 Å². The molecule has 1 aliphatic carbocycles. The van der Waals surface area contributed by atoms with Crippen molar-refractivity contribution in [2.75, 3.05) is 0 Å². The molecule has 0 spiro atoms. The third kappa shape index (κ3) is 1.12. The van der Waals surface area contributed by atoms with Crippen LogP contribution >= 0.6 is 0 Å². The van der Waals surface area contributed by atoms with Crippen molar-refractivity contribution in [1.82, 2.24) is 4.98 Å². The molecular formula is C15H10FN. The van der Waals surface area contributed by atoms with Gasteiger partial charge in [-0.2, -0.15) is 0 Å². The van der Waals surface area contributed by atoms with Gasteiger partial charge in [-0.1, -0.05) is 24.3 Å². The summed E-state index contributed by atoms with van der Waals surface area (Å²) in [5.74, 6) is -0.171. The number of nitrogens with one attached hydrogen (secondary N) is 1. The van der Waals surface area contributed by atoms with E-state index in [1.807, 2.05) is 18.2 Å². The molecule has 0 amide bonds. The number of aromatic amines is 1. The Morgan fingerprint density at radius 3 is 2.88 bits per heavy atom. The van der Waals surface area contributed by atoms with E-state index >= 15 is 0 Å². The van der Waals surface area contributed by atoms with Crippen LogP contribution in [0.15, 0.2) is 42.5 Å². The third-order valence-electron chi connectivity index (χ3n) is 3.52. The average Bonchev–Trinajstić information content (AvgIpc) is 2.85. The number of rotatable bonds is 0. The first-order valence-corrected chi connectivity index (χ1v) is 5.71. The van der Waals surface area contributed by atoms with Gasteiger partial charge in [-0.25, -0.2) is 4.39 Å². The van der Waals surface area contributed by atoms with Crippen molar-refractivity contribution in [1.29, 1.82) is 0 Å². The lowest BCUT2D eigenvalue weighted by atomic mass is 10.1.